The summed E-state index contributed by atoms with van der Waals surface area (Å²) < 4.78 is 5.30. The van der Waals surface area contributed by atoms with Gasteiger partial charge in [-0.2, -0.15) is 0 Å². The van der Waals surface area contributed by atoms with Gasteiger partial charge in [0.15, 0.2) is 0 Å². The minimum absolute atomic E-state index is 0.0344. The van der Waals surface area contributed by atoms with Crippen LogP contribution in [0.15, 0.2) is 24.3 Å². The molecule has 0 fully saturated rings. The van der Waals surface area contributed by atoms with Gasteiger partial charge in [0.1, 0.15) is 0 Å². The molecule has 2 N–H and O–H groups in total. The average molecular weight is 279 g/mol. The molecule has 5 heteroatoms. The molecule has 1 rings (SSSR count). The molecule has 0 spiro atoms. The molecule has 0 aromatic heterocycles. The van der Waals surface area contributed by atoms with Crippen LogP contribution in [0.1, 0.15) is 36.2 Å². The molecule has 1 aromatic rings. The van der Waals surface area contributed by atoms with Gasteiger partial charge in [-0.1, -0.05) is 12.1 Å². The summed E-state index contributed by atoms with van der Waals surface area (Å²) in [5.41, 5.74) is 1.26. The maximum absolute atomic E-state index is 11.5. The zero-order valence-electron chi connectivity index (χ0n) is 11.9. The van der Waals surface area contributed by atoms with Gasteiger partial charge in [0.2, 0.25) is 5.91 Å². The molecule has 1 amide bonds. The van der Waals surface area contributed by atoms with Crippen LogP contribution in [0.3, 0.4) is 0 Å². The SMILES string of the molecule is CC(C)OCCC(=O)NCCc1ccc(C(=O)O)cc1. The highest BCUT2D eigenvalue weighted by molar-refractivity contribution is 5.87. The van der Waals surface area contributed by atoms with Crippen LogP contribution >= 0.6 is 0 Å². The Hall–Kier alpha value is -1.88. The maximum atomic E-state index is 11.5. The molecule has 5 nitrogen and oxygen atoms in total. The van der Waals surface area contributed by atoms with E-state index in [1.807, 2.05) is 13.8 Å². The lowest BCUT2D eigenvalue weighted by Crippen LogP contribution is -2.27. The van der Waals surface area contributed by atoms with Gasteiger partial charge in [-0.25, -0.2) is 4.79 Å². The van der Waals surface area contributed by atoms with E-state index in [1.165, 1.54) is 0 Å². The first kappa shape index (κ1) is 16.2. The van der Waals surface area contributed by atoms with E-state index >= 15 is 0 Å². The molecule has 0 aliphatic rings. The third-order valence-electron chi connectivity index (χ3n) is 2.72. The van der Waals surface area contributed by atoms with E-state index in [0.29, 0.717) is 26.0 Å². The Bertz CT molecular complexity index is 440. The smallest absolute Gasteiger partial charge is 0.335 e. The molecule has 0 radical (unpaired) electrons. The minimum atomic E-state index is -0.935. The molecular weight excluding hydrogens is 258 g/mol. The second kappa shape index (κ2) is 8.32. The van der Waals surface area contributed by atoms with Crippen molar-refractivity contribution in [3.05, 3.63) is 35.4 Å². The third-order valence-corrected chi connectivity index (χ3v) is 2.72. The van der Waals surface area contributed by atoms with Gasteiger partial charge in [0.25, 0.3) is 0 Å². The van der Waals surface area contributed by atoms with Crippen LogP contribution in [-0.4, -0.2) is 36.2 Å². The largest absolute Gasteiger partial charge is 0.478 e. The zero-order chi connectivity index (χ0) is 15.0. The molecule has 0 aliphatic heterocycles. The van der Waals surface area contributed by atoms with Crippen LogP contribution in [0.2, 0.25) is 0 Å². The minimum Gasteiger partial charge on any atom is -0.478 e. The van der Waals surface area contributed by atoms with Crippen molar-refractivity contribution in [1.29, 1.82) is 0 Å². The predicted octanol–water partition coefficient (Wildman–Crippen LogP) is 1.86. The molecule has 1 aromatic carbocycles. The Morgan fingerprint density at radius 2 is 1.90 bits per heavy atom. The number of nitrogens with one attached hydrogen (secondary N) is 1. The van der Waals surface area contributed by atoms with Crippen molar-refractivity contribution >= 4 is 11.9 Å². The van der Waals surface area contributed by atoms with E-state index in [0.717, 1.165) is 5.56 Å². The summed E-state index contributed by atoms with van der Waals surface area (Å²) in [5.74, 6) is -0.970. The number of hydrogen-bond donors (Lipinski definition) is 2. The summed E-state index contributed by atoms with van der Waals surface area (Å²) in [6.45, 7) is 4.82. The maximum Gasteiger partial charge on any atom is 0.335 e. The highest BCUT2D eigenvalue weighted by Crippen LogP contribution is 2.04. The van der Waals surface area contributed by atoms with E-state index in [2.05, 4.69) is 5.32 Å². The van der Waals surface area contributed by atoms with Gasteiger partial charge < -0.3 is 15.2 Å². The zero-order valence-corrected chi connectivity index (χ0v) is 11.9. The fraction of sp³-hybridized carbons (Fsp3) is 0.467. The summed E-state index contributed by atoms with van der Waals surface area (Å²) >= 11 is 0. The Morgan fingerprint density at radius 1 is 1.25 bits per heavy atom. The lowest BCUT2D eigenvalue weighted by atomic mass is 10.1. The van der Waals surface area contributed by atoms with Crippen LogP contribution in [0.5, 0.6) is 0 Å². The third kappa shape index (κ3) is 6.33. The van der Waals surface area contributed by atoms with E-state index < -0.39 is 5.97 Å². The Labute approximate surface area is 118 Å². The molecule has 0 saturated carbocycles. The average Bonchev–Trinajstić information content (AvgIpc) is 2.39. The number of amides is 1. The molecule has 0 atom stereocenters. The molecule has 0 bridgehead atoms. The lowest BCUT2D eigenvalue weighted by molar-refractivity contribution is -0.122. The lowest BCUT2D eigenvalue weighted by Gasteiger charge is -2.08. The van der Waals surface area contributed by atoms with Gasteiger partial charge in [-0.05, 0) is 38.0 Å². The van der Waals surface area contributed by atoms with E-state index in [9.17, 15) is 9.59 Å². The second-order valence-electron chi connectivity index (χ2n) is 4.77. The molecule has 0 heterocycles. The van der Waals surface area contributed by atoms with Crippen LogP contribution in [-0.2, 0) is 16.0 Å². The number of rotatable bonds is 8. The fourth-order valence-electron chi connectivity index (χ4n) is 1.64. The fourth-order valence-corrected chi connectivity index (χ4v) is 1.64. The molecule has 0 aliphatic carbocycles. The Balaban J connectivity index is 2.23. The van der Waals surface area contributed by atoms with Crippen LogP contribution < -0.4 is 5.32 Å². The summed E-state index contributed by atoms with van der Waals surface area (Å²) in [6.07, 6.45) is 1.17. The summed E-state index contributed by atoms with van der Waals surface area (Å²) in [5, 5.41) is 11.6. The first-order chi connectivity index (χ1) is 9.49. The summed E-state index contributed by atoms with van der Waals surface area (Å²) in [4.78, 5) is 22.2. The number of benzene rings is 1. The van der Waals surface area contributed by atoms with Gasteiger partial charge in [-0.3, -0.25) is 4.79 Å². The van der Waals surface area contributed by atoms with Crippen LogP contribution in [0, 0.1) is 0 Å². The van der Waals surface area contributed by atoms with Crippen molar-refractivity contribution in [3.63, 3.8) is 0 Å². The Kier molecular flexibility index (Phi) is 6.73. The van der Waals surface area contributed by atoms with Gasteiger partial charge in [0, 0.05) is 13.0 Å². The first-order valence-corrected chi connectivity index (χ1v) is 6.69. The van der Waals surface area contributed by atoms with E-state index in [-0.39, 0.29) is 17.6 Å². The van der Waals surface area contributed by atoms with Crippen molar-refractivity contribution < 1.29 is 19.4 Å². The predicted molar refractivity (Wildman–Crippen MR) is 75.8 cm³/mol. The highest BCUT2D eigenvalue weighted by atomic mass is 16.5. The van der Waals surface area contributed by atoms with Gasteiger partial charge in [-0.15, -0.1) is 0 Å². The number of carbonyl (C=O) groups is 2. The molecular formula is C15H21NO4. The van der Waals surface area contributed by atoms with Gasteiger partial charge >= 0.3 is 5.97 Å². The number of hydrogen-bond acceptors (Lipinski definition) is 3. The number of carboxylic acid groups (broad SMARTS) is 1. The van der Waals surface area contributed by atoms with Crippen molar-refractivity contribution in [2.75, 3.05) is 13.2 Å². The first-order valence-electron chi connectivity index (χ1n) is 6.69. The van der Waals surface area contributed by atoms with Crippen molar-refractivity contribution in [3.8, 4) is 0 Å². The number of ether oxygens (including phenoxy) is 1. The topological polar surface area (TPSA) is 75.6 Å². The van der Waals surface area contributed by atoms with E-state index in [1.54, 1.807) is 24.3 Å². The van der Waals surface area contributed by atoms with E-state index in [4.69, 9.17) is 9.84 Å². The standard InChI is InChI=1S/C15H21NO4/c1-11(2)20-10-8-14(17)16-9-7-12-3-5-13(6-4-12)15(18)19/h3-6,11H,7-10H2,1-2H3,(H,16,17)(H,18,19). The monoisotopic (exact) mass is 279 g/mol. The number of carbonyl (C=O) groups excluding carboxylic acids is 1. The number of aromatic carboxylic acids is 1. The Morgan fingerprint density at radius 3 is 2.45 bits per heavy atom. The second-order valence-corrected chi connectivity index (χ2v) is 4.77. The van der Waals surface area contributed by atoms with Gasteiger partial charge in [0.05, 0.1) is 18.3 Å². The summed E-state index contributed by atoms with van der Waals surface area (Å²) in [6, 6.07) is 6.65. The van der Waals surface area contributed by atoms with Crippen molar-refractivity contribution in [2.24, 2.45) is 0 Å². The molecule has 0 saturated heterocycles. The molecule has 110 valence electrons. The van der Waals surface area contributed by atoms with Crippen molar-refractivity contribution in [2.45, 2.75) is 32.8 Å². The normalized spacial score (nSPS) is 10.6. The van der Waals surface area contributed by atoms with Crippen LogP contribution in [0.4, 0.5) is 0 Å². The quantitative estimate of drug-likeness (QED) is 0.761. The molecule has 0 unspecified atom stereocenters. The highest BCUT2D eigenvalue weighted by Gasteiger charge is 2.04. The van der Waals surface area contributed by atoms with Crippen molar-refractivity contribution in [1.82, 2.24) is 5.32 Å². The number of carboxylic acids is 1. The van der Waals surface area contributed by atoms with Crippen LogP contribution in [0.25, 0.3) is 0 Å². The molecule has 20 heavy (non-hydrogen) atoms. The summed E-state index contributed by atoms with van der Waals surface area (Å²) in [7, 11) is 0.